The highest BCUT2D eigenvalue weighted by Gasteiger charge is 2.24. The highest BCUT2D eigenvalue weighted by atomic mass is 16.6. The summed E-state index contributed by atoms with van der Waals surface area (Å²) in [4.78, 5) is 20.9. The Hall–Kier alpha value is -1.32. The third-order valence-electron chi connectivity index (χ3n) is 0.943. The predicted molar refractivity (Wildman–Crippen MR) is 30.8 cm³/mol. The molecule has 0 fully saturated rings. The average molecular weight is 142 g/mol. The molecule has 0 saturated carbocycles. The van der Waals surface area contributed by atoms with E-state index in [1.807, 2.05) is 0 Å². The maximum absolute atomic E-state index is 10.5. The second-order valence-corrected chi connectivity index (χ2v) is 1.65. The molecule has 10 heavy (non-hydrogen) atoms. The highest BCUT2D eigenvalue weighted by molar-refractivity contribution is 6.07. The molecule has 1 heterocycles. The van der Waals surface area contributed by atoms with Crippen LogP contribution in [0.1, 0.15) is 6.92 Å². The molecule has 0 aromatic heterocycles. The molecule has 4 nitrogen and oxygen atoms in total. The molecule has 0 saturated heterocycles. The van der Waals surface area contributed by atoms with E-state index in [1.54, 1.807) is 6.92 Å². The van der Waals surface area contributed by atoms with Crippen molar-refractivity contribution in [2.45, 2.75) is 6.92 Å². The molecule has 0 bridgehead atoms. The third-order valence-corrected chi connectivity index (χ3v) is 0.943. The summed E-state index contributed by atoms with van der Waals surface area (Å²) in [5, 5.41) is 0. The molecule has 0 aromatic rings. The Bertz CT molecular complexity index is 204. The van der Waals surface area contributed by atoms with Gasteiger partial charge in [0.05, 0.1) is 12.7 Å². The van der Waals surface area contributed by atoms with Crippen molar-refractivity contribution in [1.82, 2.24) is 0 Å². The van der Waals surface area contributed by atoms with E-state index in [9.17, 15) is 9.59 Å². The average Bonchev–Trinajstić information content (AvgIpc) is 2.13. The zero-order valence-electron chi connectivity index (χ0n) is 5.42. The molecular weight excluding hydrogens is 136 g/mol. The summed E-state index contributed by atoms with van der Waals surface area (Å²) >= 11 is 0. The molecule has 1 rings (SSSR count). The van der Waals surface area contributed by atoms with Crippen LogP contribution in [-0.4, -0.2) is 18.5 Å². The van der Waals surface area contributed by atoms with Crippen molar-refractivity contribution in [3.63, 3.8) is 0 Å². The summed E-state index contributed by atoms with van der Waals surface area (Å²) in [6.07, 6.45) is 1.03. The number of rotatable bonds is 2. The minimum atomic E-state index is -0.702. The predicted octanol–water partition coefficient (Wildman–Crippen LogP) is -0.00980. The van der Waals surface area contributed by atoms with Crippen LogP contribution in [0, 0.1) is 0 Å². The second kappa shape index (κ2) is 2.51. The number of hydrogen-bond donors (Lipinski definition) is 0. The lowest BCUT2D eigenvalue weighted by Crippen LogP contribution is -2.04. The minimum absolute atomic E-state index is 0.00694. The molecule has 0 aromatic carbocycles. The lowest BCUT2D eigenvalue weighted by atomic mass is 10.5. The number of cyclic esters (lactones) is 2. The van der Waals surface area contributed by atoms with Crippen molar-refractivity contribution in [1.29, 1.82) is 0 Å². The van der Waals surface area contributed by atoms with Crippen LogP contribution in [0.4, 0.5) is 0 Å². The van der Waals surface area contributed by atoms with Gasteiger partial charge in [-0.3, -0.25) is 0 Å². The molecule has 0 spiro atoms. The van der Waals surface area contributed by atoms with Crippen LogP contribution in [0.2, 0.25) is 0 Å². The molecule has 0 aliphatic carbocycles. The fraction of sp³-hybridized carbons (Fsp3) is 0.333. The molecule has 1 aliphatic heterocycles. The number of carbonyl (C=O) groups is 2. The standard InChI is InChI=1S/C6H6O4/c1-2-9-4-3-5(7)10-6(4)8/h3H,2H2,1H3. The first-order valence-corrected chi connectivity index (χ1v) is 2.84. The number of esters is 2. The zero-order valence-corrected chi connectivity index (χ0v) is 5.42. The van der Waals surface area contributed by atoms with E-state index >= 15 is 0 Å². The van der Waals surface area contributed by atoms with Crippen molar-refractivity contribution in [3.05, 3.63) is 11.8 Å². The minimum Gasteiger partial charge on any atom is -0.487 e. The van der Waals surface area contributed by atoms with Crippen LogP contribution in [0.3, 0.4) is 0 Å². The number of ether oxygens (including phenoxy) is 2. The zero-order chi connectivity index (χ0) is 7.56. The van der Waals surface area contributed by atoms with Gasteiger partial charge in [0, 0.05) is 0 Å². The van der Waals surface area contributed by atoms with Crippen molar-refractivity contribution in [2.24, 2.45) is 0 Å². The van der Waals surface area contributed by atoms with E-state index in [0.717, 1.165) is 6.08 Å². The summed E-state index contributed by atoms with van der Waals surface area (Å²) in [5.41, 5.74) is 0. The number of hydrogen-bond acceptors (Lipinski definition) is 4. The van der Waals surface area contributed by atoms with Crippen molar-refractivity contribution < 1.29 is 19.1 Å². The van der Waals surface area contributed by atoms with Gasteiger partial charge in [0.2, 0.25) is 5.76 Å². The smallest absolute Gasteiger partial charge is 0.381 e. The van der Waals surface area contributed by atoms with Gasteiger partial charge in [-0.25, -0.2) is 9.59 Å². The van der Waals surface area contributed by atoms with Crippen LogP contribution in [0.5, 0.6) is 0 Å². The quantitative estimate of drug-likeness (QED) is 0.402. The summed E-state index contributed by atoms with van der Waals surface area (Å²) in [5.74, 6) is -1.37. The van der Waals surface area contributed by atoms with Crippen molar-refractivity contribution in [3.8, 4) is 0 Å². The normalized spacial score (nSPS) is 16.7. The molecule has 0 atom stereocenters. The topological polar surface area (TPSA) is 52.6 Å². The van der Waals surface area contributed by atoms with E-state index in [0.29, 0.717) is 6.61 Å². The first-order chi connectivity index (χ1) is 4.74. The van der Waals surface area contributed by atoms with E-state index in [-0.39, 0.29) is 5.76 Å². The van der Waals surface area contributed by atoms with Crippen LogP contribution >= 0.6 is 0 Å². The fourth-order valence-electron chi connectivity index (χ4n) is 0.593. The van der Waals surface area contributed by atoms with Crippen molar-refractivity contribution in [2.75, 3.05) is 6.61 Å². The van der Waals surface area contributed by atoms with E-state index < -0.39 is 11.9 Å². The Balaban J connectivity index is 2.65. The lowest BCUT2D eigenvalue weighted by Gasteiger charge is -1.96. The highest BCUT2D eigenvalue weighted by Crippen LogP contribution is 2.08. The van der Waals surface area contributed by atoms with E-state index in [4.69, 9.17) is 4.74 Å². The maximum Gasteiger partial charge on any atom is 0.381 e. The van der Waals surface area contributed by atoms with Crippen LogP contribution in [0.25, 0.3) is 0 Å². The SMILES string of the molecule is CCOC1=CC(=O)OC1=O. The van der Waals surface area contributed by atoms with Gasteiger partial charge in [-0.2, -0.15) is 0 Å². The van der Waals surface area contributed by atoms with Gasteiger partial charge in [0.15, 0.2) is 0 Å². The number of carbonyl (C=O) groups excluding carboxylic acids is 2. The molecule has 0 amide bonds. The Labute approximate surface area is 57.4 Å². The van der Waals surface area contributed by atoms with Gasteiger partial charge in [0.1, 0.15) is 0 Å². The molecular formula is C6H6O4. The van der Waals surface area contributed by atoms with Gasteiger partial charge < -0.3 is 9.47 Å². The summed E-state index contributed by atoms with van der Waals surface area (Å²) in [6.45, 7) is 2.07. The van der Waals surface area contributed by atoms with Crippen LogP contribution in [-0.2, 0) is 19.1 Å². The Kier molecular flexibility index (Phi) is 1.71. The first kappa shape index (κ1) is 6.80. The lowest BCUT2D eigenvalue weighted by molar-refractivity contribution is -0.152. The third kappa shape index (κ3) is 1.15. The Morgan fingerprint density at radius 2 is 2.30 bits per heavy atom. The van der Waals surface area contributed by atoms with E-state index in [1.165, 1.54) is 0 Å². The van der Waals surface area contributed by atoms with Gasteiger partial charge in [-0.05, 0) is 6.92 Å². The molecule has 0 radical (unpaired) electrons. The van der Waals surface area contributed by atoms with Crippen LogP contribution < -0.4 is 0 Å². The fourth-order valence-corrected chi connectivity index (χ4v) is 0.593. The Morgan fingerprint density at radius 1 is 1.60 bits per heavy atom. The summed E-state index contributed by atoms with van der Waals surface area (Å²) in [6, 6.07) is 0. The molecule has 4 heteroatoms. The Morgan fingerprint density at radius 3 is 2.70 bits per heavy atom. The molecule has 0 unspecified atom stereocenters. The summed E-state index contributed by atoms with van der Waals surface area (Å²) < 4.78 is 8.88. The van der Waals surface area contributed by atoms with Gasteiger partial charge in [-0.15, -0.1) is 0 Å². The van der Waals surface area contributed by atoms with Crippen LogP contribution in [0.15, 0.2) is 11.8 Å². The van der Waals surface area contributed by atoms with E-state index in [2.05, 4.69) is 4.74 Å². The molecule has 1 aliphatic rings. The maximum atomic E-state index is 10.5. The largest absolute Gasteiger partial charge is 0.487 e. The first-order valence-electron chi connectivity index (χ1n) is 2.84. The molecule has 54 valence electrons. The summed E-state index contributed by atoms with van der Waals surface area (Å²) in [7, 11) is 0. The van der Waals surface area contributed by atoms with Gasteiger partial charge in [0.25, 0.3) is 0 Å². The molecule has 0 N–H and O–H groups in total. The van der Waals surface area contributed by atoms with Gasteiger partial charge in [-0.1, -0.05) is 0 Å². The monoisotopic (exact) mass is 142 g/mol. The van der Waals surface area contributed by atoms with Gasteiger partial charge >= 0.3 is 11.9 Å². The van der Waals surface area contributed by atoms with Crippen molar-refractivity contribution >= 4 is 11.9 Å². The second-order valence-electron chi connectivity index (χ2n) is 1.65.